The number of rotatable bonds is 3. The van der Waals surface area contributed by atoms with E-state index in [1.807, 2.05) is 24.3 Å². The van der Waals surface area contributed by atoms with E-state index in [1.165, 1.54) is 12.0 Å². The second-order valence-corrected chi connectivity index (χ2v) is 8.47. The molecule has 3 rings (SSSR count). The lowest BCUT2D eigenvalue weighted by Gasteiger charge is -2.18. The number of anilines is 2. The lowest BCUT2D eigenvalue weighted by Crippen LogP contribution is -2.20. The van der Waals surface area contributed by atoms with E-state index in [0.717, 1.165) is 40.0 Å². The number of nitrogens with one attached hydrogen (secondary N) is 2. The number of carbonyl (C=O) groups is 1. The molecule has 0 bridgehead atoms. The van der Waals surface area contributed by atoms with E-state index in [1.54, 1.807) is 11.3 Å². The standard InChI is InChI=1S/C18H19BrN2O2S2/c1-10-7-8-11-14(9-10)25-16(15(11)17(22)23-2)21-18(24)20-13-6-4-3-5-12(13)19/h3-6,10H,7-9H2,1-2H3,(H2,20,21,24). The first-order valence-corrected chi connectivity index (χ1v) is 10.1. The zero-order chi connectivity index (χ0) is 18.0. The summed E-state index contributed by atoms with van der Waals surface area (Å²) in [6, 6.07) is 7.74. The predicted molar refractivity (Wildman–Crippen MR) is 111 cm³/mol. The Morgan fingerprint density at radius 1 is 1.36 bits per heavy atom. The molecule has 0 saturated heterocycles. The highest BCUT2D eigenvalue weighted by atomic mass is 79.9. The van der Waals surface area contributed by atoms with E-state index < -0.39 is 0 Å². The molecule has 0 aliphatic heterocycles. The minimum atomic E-state index is -0.307. The molecule has 25 heavy (non-hydrogen) atoms. The smallest absolute Gasteiger partial charge is 0.341 e. The van der Waals surface area contributed by atoms with Gasteiger partial charge in [-0.3, -0.25) is 0 Å². The molecule has 2 aromatic rings. The first-order valence-electron chi connectivity index (χ1n) is 8.05. The van der Waals surface area contributed by atoms with Gasteiger partial charge in [0.25, 0.3) is 0 Å². The fourth-order valence-electron chi connectivity index (χ4n) is 2.98. The maximum Gasteiger partial charge on any atom is 0.341 e. The van der Waals surface area contributed by atoms with Gasteiger partial charge < -0.3 is 15.4 Å². The zero-order valence-electron chi connectivity index (χ0n) is 14.0. The average Bonchev–Trinajstić information content (AvgIpc) is 2.92. The van der Waals surface area contributed by atoms with Gasteiger partial charge in [-0.05, 0) is 71.0 Å². The van der Waals surface area contributed by atoms with E-state index >= 15 is 0 Å². The summed E-state index contributed by atoms with van der Waals surface area (Å²) in [4.78, 5) is 13.6. The zero-order valence-corrected chi connectivity index (χ0v) is 17.2. The molecule has 1 aromatic carbocycles. The quantitative estimate of drug-likeness (QED) is 0.507. The van der Waals surface area contributed by atoms with Gasteiger partial charge in [-0.1, -0.05) is 19.1 Å². The molecular weight excluding hydrogens is 420 g/mol. The molecule has 132 valence electrons. The molecule has 7 heteroatoms. The summed E-state index contributed by atoms with van der Waals surface area (Å²) in [5, 5.41) is 7.56. The topological polar surface area (TPSA) is 50.4 Å². The van der Waals surface area contributed by atoms with Crippen molar-refractivity contribution in [2.75, 3.05) is 17.7 Å². The number of esters is 1. The van der Waals surface area contributed by atoms with Crippen molar-refractivity contribution < 1.29 is 9.53 Å². The van der Waals surface area contributed by atoms with Crippen LogP contribution in [0.2, 0.25) is 0 Å². The normalized spacial score (nSPS) is 16.0. The summed E-state index contributed by atoms with van der Waals surface area (Å²) in [7, 11) is 1.42. The third-order valence-electron chi connectivity index (χ3n) is 4.25. The summed E-state index contributed by atoms with van der Waals surface area (Å²) >= 11 is 10.5. The van der Waals surface area contributed by atoms with Gasteiger partial charge in [-0.25, -0.2) is 4.79 Å². The molecule has 0 fully saturated rings. The number of ether oxygens (including phenoxy) is 1. The number of methoxy groups -OCH3 is 1. The predicted octanol–water partition coefficient (Wildman–Crippen LogP) is 5.23. The second-order valence-electron chi connectivity index (χ2n) is 6.11. The van der Waals surface area contributed by atoms with Gasteiger partial charge in [0.1, 0.15) is 5.00 Å². The summed E-state index contributed by atoms with van der Waals surface area (Å²) in [5.41, 5.74) is 2.61. The Kier molecular flexibility index (Phi) is 5.76. The fraction of sp³-hybridized carbons (Fsp3) is 0.333. The lowest BCUT2D eigenvalue weighted by molar-refractivity contribution is 0.0601. The number of fused-ring (bicyclic) bond motifs is 1. The Labute approximate surface area is 165 Å². The van der Waals surface area contributed by atoms with Crippen LogP contribution in [0.15, 0.2) is 28.7 Å². The van der Waals surface area contributed by atoms with Crippen LogP contribution in [-0.2, 0) is 17.6 Å². The van der Waals surface area contributed by atoms with Gasteiger partial charge >= 0.3 is 5.97 Å². The van der Waals surface area contributed by atoms with Crippen molar-refractivity contribution in [2.45, 2.75) is 26.2 Å². The first kappa shape index (κ1) is 18.4. The van der Waals surface area contributed by atoms with Crippen LogP contribution in [0.5, 0.6) is 0 Å². The molecule has 1 heterocycles. The second kappa shape index (κ2) is 7.85. The Morgan fingerprint density at radius 3 is 2.84 bits per heavy atom. The van der Waals surface area contributed by atoms with E-state index in [0.29, 0.717) is 16.6 Å². The number of hydrogen-bond acceptors (Lipinski definition) is 4. The van der Waals surface area contributed by atoms with Gasteiger partial charge in [-0.15, -0.1) is 11.3 Å². The van der Waals surface area contributed by atoms with Crippen LogP contribution in [-0.4, -0.2) is 18.2 Å². The molecular formula is C18H19BrN2O2S2. The number of benzene rings is 1. The van der Waals surface area contributed by atoms with E-state index in [-0.39, 0.29) is 5.97 Å². The number of thiophene rings is 1. The average molecular weight is 439 g/mol. The molecule has 1 atom stereocenters. The van der Waals surface area contributed by atoms with E-state index in [9.17, 15) is 4.79 Å². The van der Waals surface area contributed by atoms with Gasteiger partial charge in [0.05, 0.1) is 18.4 Å². The molecule has 1 unspecified atom stereocenters. The maximum atomic E-state index is 12.3. The molecule has 0 saturated carbocycles. The molecule has 4 nitrogen and oxygen atoms in total. The minimum absolute atomic E-state index is 0.307. The lowest BCUT2D eigenvalue weighted by atomic mass is 9.88. The van der Waals surface area contributed by atoms with E-state index in [4.69, 9.17) is 17.0 Å². The molecule has 0 spiro atoms. The van der Waals surface area contributed by atoms with Gasteiger partial charge in [0.2, 0.25) is 0 Å². The molecule has 0 radical (unpaired) electrons. The Bertz CT molecular complexity index is 819. The molecule has 1 aliphatic rings. The summed E-state index contributed by atoms with van der Waals surface area (Å²) in [6.07, 6.45) is 2.99. The van der Waals surface area contributed by atoms with Crippen LogP contribution in [0.3, 0.4) is 0 Å². The highest BCUT2D eigenvalue weighted by molar-refractivity contribution is 9.10. The van der Waals surface area contributed by atoms with Crippen LogP contribution in [0.4, 0.5) is 10.7 Å². The van der Waals surface area contributed by atoms with Gasteiger partial charge in [-0.2, -0.15) is 0 Å². The Hall–Kier alpha value is -1.44. The van der Waals surface area contributed by atoms with Crippen LogP contribution in [0.25, 0.3) is 0 Å². The molecule has 0 amide bonds. The number of para-hydroxylation sites is 1. The largest absolute Gasteiger partial charge is 0.465 e. The monoisotopic (exact) mass is 438 g/mol. The maximum absolute atomic E-state index is 12.3. The van der Waals surface area contributed by atoms with Crippen LogP contribution in [0, 0.1) is 5.92 Å². The summed E-state index contributed by atoms with van der Waals surface area (Å²) < 4.78 is 5.93. The SMILES string of the molecule is COC(=O)c1c(NC(=S)Nc2ccccc2Br)sc2c1CCC(C)C2. The molecule has 1 aliphatic carbocycles. The van der Waals surface area contributed by atoms with Crippen molar-refractivity contribution in [3.63, 3.8) is 0 Å². The van der Waals surface area contributed by atoms with E-state index in [2.05, 4.69) is 33.5 Å². The minimum Gasteiger partial charge on any atom is -0.465 e. The fourth-order valence-corrected chi connectivity index (χ4v) is 5.04. The van der Waals surface area contributed by atoms with Crippen LogP contribution in [0.1, 0.15) is 34.1 Å². The number of halogens is 1. The van der Waals surface area contributed by atoms with Crippen LogP contribution >= 0.6 is 39.5 Å². The third kappa shape index (κ3) is 4.04. The van der Waals surface area contributed by atoms with Gasteiger partial charge in [0, 0.05) is 9.35 Å². The summed E-state index contributed by atoms with van der Waals surface area (Å²) in [5.74, 6) is 0.327. The van der Waals surface area contributed by atoms with Crippen molar-refractivity contribution in [1.82, 2.24) is 0 Å². The number of hydrogen-bond donors (Lipinski definition) is 2. The Morgan fingerprint density at radius 2 is 2.12 bits per heavy atom. The summed E-state index contributed by atoms with van der Waals surface area (Å²) in [6.45, 7) is 2.24. The first-order chi connectivity index (χ1) is 12.0. The number of carbonyl (C=O) groups excluding carboxylic acids is 1. The highest BCUT2D eigenvalue weighted by Gasteiger charge is 2.28. The van der Waals surface area contributed by atoms with Gasteiger partial charge in [0.15, 0.2) is 5.11 Å². The van der Waals surface area contributed by atoms with Crippen molar-refractivity contribution in [3.8, 4) is 0 Å². The molecule has 1 aromatic heterocycles. The third-order valence-corrected chi connectivity index (χ3v) is 6.32. The van der Waals surface area contributed by atoms with Crippen molar-refractivity contribution in [1.29, 1.82) is 0 Å². The molecule has 2 N–H and O–H groups in total. The van der Waals surface area contributed by atoms with Crippen molar-refractivity contribution in [3.05, 3.63) is 44.7 Å². The number of thiocarbonyl (C=S) groups is 1. The van der Waals surface area contributed by atoms with Crippen molar-refractivity contribution in [2.24, 2.45) is 5.92 Å². The van der Waals surface area contributed by atoms with Crippen LogP contribution < -0.4 is 10.6 Å². The Balaban J connectivity index is 1.85. The highest BCUT2D eigenvalue weighted by Crippen LogP contribution is 2.40. The van der Waals surface area contributed by atoms with Crippen molar-refractivity contribution >= 4 is 61.3 Å².